The second-order valence-corrected chi connectivity index (χ2v) is 6.42. The molecule has 0 atom stereocenters. The molecule has 104 valence electrons. The average Bonchev–Trinajstić information content (AvgIpc) is 2.68. The van der Waals surface area contributed by atoms with Gasteiger partial charge in [0.15, 0.2) is 0 Å². The first-order valence-corrected chi connectivity index (χ1v) is 7.97. The van der Waals surface area contributed by atoms with Gasteiger partial charge in [-0.2, -0.15) is 0 Å². The summed E-state index contributed by atoms with van der Waals surface area (Å²) in [4.78, 5) is 12.5. The summed E-state index contributed by atoms with van der Waals surface area (Å²) in [5, 5.41) is 3.48. The van der Waals surface area contributed by atoms with Gasteiger partial charge in [0.05, 0.1) is 0 Å². The third-order valence-corrected chi connectivity index (χ3v) is 5.16. The maximum atomic E-state index is 12.5. The van der Waals surface area contributed by atoms with Crippen molar-refractivity contribution in [1.82, 2.24) is 5.32 Å². The predicted octanol–water partition coefficient (Wildman–Crippen LogP) is 3.84. The number of rotatable bonds is 4. The molecular weight excluding hydrogens is 222 g/mol. The molecule has 0 unspecified atom stereocenters. The summed E-state index contributed by atoms with van der Waals surface area (Å²) in [7, 11) is 2.05. The molecule has 2 saturated carbocycles. The van der Waals surface area contributed by atoms with Crippen LogP contribution >= 0.6 is 0 Å². The number of carbonyl (C=O) groups excluding carboxylic acids is 1. The summed E-state index contributed by atoms with van der Waals surface area (Å²) in [5.41, 5.74) is 0.141. The monoisotopic (exact) mass is 251 g/mol. The van der Waals surface area contributed by atoms with Crippen LogP contribution in [-0.2, 0) is 4.79 Å². The topological polar surface area (TPSA) is 29.1 Å². The molecule has 2 aliphatic rings. The largest absolute Gasteiger partial charge is 0.314 e. The van der Waals surface area contributed by atoms with Crippen molar-refractivity contribution in [3.63, 3.8) is 0 Å². The lowest BCUT2D eigenvalue weighted by Crippen LogP contribution is -2.47. The Balaban J connectivity index is 1.91. The molecule has 18 heavy (non-hydrogen) atoms. The maximum Gasteiger partial charge on any atom is 0.137 e. The molecular formula is C16H29NO. The van der Waals surface area contributed by atoms with E-state index in [-0.39, 0.29) is 5.54 Å². The van der Waals surface area contributed by atoms with E-state index in [0.29, 0.717) is 11.7 Å². The highest BCUT2D eigenvalue weighted by Gasteiger charge is 2.34. The maximum absolute atomic E-state index is 12.5. The molecule has 0 spiro atoms. The second kappa shape index (κ2) is 6.70. The summed E-state index contributed by atoms with van der Waals surface area (Å²) in [6.07, 6.45) is 14.6. The first-order chi connectivity index (χ1) is 8.76. The number of hydrogen-bond acceptors (Lipinski definition) is 2. The molecule has 2 rings (SSSR count). The van der Waals surface area contributed by atoms with E-state index < -0.39 is 0 Å². The van der Waals surface area contributed by atoms with E-state index in [2.05, 4.69) is 5.32 Å². The molecule has 2 aliphatic carbocycles. The minimum absolute atomic E-state index is 0.141. The molecule has 0 aromatic carbocycles. The van der Waals surface area contributed by atoms with Crippen LogP contribution in [0.2, 0.25) is 0 Å². The Hall–Kier alpha value is -0.370. The normalized spacial score (nSPS) is 25.6. The zero-order valence-electron chi connectivity index (χ0n) is 12.0. The van der Waals surface area contributed by atoms with Gasteiger partial charge < -0.3 is 5.32 Å². The van der Waals surface area contributed by atoms with Crippen LogP contribution in [0.15, 0.2) is 0 Å². The van der Waals surface area contributed by atoms with E-state index in [1.807, 2.05) is 7.05 Å². The van der Waals surface area contributed by atoms with Gasteiger partial charge in [-0.15, -0.1) is 0 Å². The highest BCUT2D eigenvalue weighted by Crippen LogP contribution is 2.33. The van der Waals surface area contributed by atoms with Gasteiger partial charge >= 0.3 is 0 Å². The van der Waals surface area contributed by atoms with E-state index in [9.17, 15) is 4.79 Å². The van der Waals surface area contributed by atoms with Crippen LogP contribution in [0, 0.1) is 5.92 Å². The molecule has 0 radical (unpaired) electrons. The van der Waals surface area contributed by atoms with Crippen molar-refractivity contribution in [2.75, 3.05) is 7.05 Å². The standard InChI is InChI=1S/C16H29NO/c1-17-16(11-7-4-8-12-16)13-15(18)14-9-5-2-3-6-10-14/h14,17H,2-13H2,1H3. The lowest BCUT2D eigenvalue weighted by molar-refractivity contribution is -0.125. The second-order valence-electron chi connectivity index (χ2n) is 6.42. The predicted molar refractivity (Wildman–Crippen MR) is 75.7 cm³/mol. The molecule has 0 aliphatic heterocycles. The van der Waals surface area contributed by atoms with Gasteiger partial charge in [-0.25, -0.2) is 0 Å². The van der Waals surface area contributed by atoms with Crippen molar-refractivity contribution in [2.45, 2.75) is 82.6 Å². The summed E-state index contributed by atoms with van der Waals surface area (Å²) < 4.78 is 0. The molecule has 0 heterocycles. The Kier molecular flexibility index (Phi) is 5.23. The van der Waals surface area contributed by atoms with Crippen molar-refractivity contribution in [3.8, 4) is 0 Å². The summed E-state index contributed by atoms with van der Waals surface area (Å²) in [6, 6.07) is 0. The van der Waals surface area contributed by atoms with Crippen LogP contribution in [-0.4, -0.2) is 18.4 Å². The number of Topliss-reactive ketones (excluding diaryl/α,β-unsaturated/α-hetero) is 1. The van der Waals surface area contributed by atoms with Gasteiger partial charge in [0, 0.05) is 17.9 Å². The molecule has 1 N–H and O–H groups in total. The molecule has 0 aromatic rings. The summed E-state index contributed by atoms with van der Waals surface area (Å²) >= 11 is 0. The Labute approximate surface area is 112 Å². The van der Waals surface area contributed by atoms with Gasteiger partial charge in [-0.05, 0) is 32.7 Å². The van der Waals surface area contributed by atoms with Crippen LogP contribution in [0.5, 0.6) is 0 Å². The average molecular weight is 251 g/mol. The fraction of sp³-hybridized carbons (Fsp3) is 0.938. The van der Waals surface area contributed by atoms with Crippen molar-refractivity contribution >= 4 is 5.78 Å². The quantitative estimate of drug-likeness (QED) is 0.769. The minimum Gasteiger partial charge on any atom is -0.314 e. The molecule has 0 saturated heterocycles. The lowest BCUT2D eigenvalue weighted by atomic mass is 9.76. The van der Waals surface area contributed by atoms with Crippen LogP contribution in [0.3, 0.4) is 0 Å². The number of nitrogens with one attached hydrogen (secondary N) is 1. The highest BCUT2D eigenvalue weighted by atomic mass is 16.1. The van der Waals surface area contributed by atoms with Crippen molar-refractivity contribution in [2.24, 2.45) is 5.92 Å². The van der Waals surface area contributed by atoms with Crippen molar-refractivity contribution < 1.29 is 4.79 Å². The fourth-order valence-corrected chi connectivity index (χ4v) is 3.82. The third kappa shape index (κ3) is 3.57. The fourth-order valence-electron chi connectivity index (χ4n) is 3.82. The Morgan fingerprint density at radius 3 is 2.11 bits per heavy atom. The Morgan fingerprint density at radius 2 is 1.56 bits per heavy atom. The first-order valence-electron chi connectivity index (χ1n) is 7.97. The third-order valence-electron chi connectivity index (χ3n) is 5.16. The molecule has 2 nitrogen and oxygen atoms in total. The van der Waals surface area contributed by atoms with Crippen molar-refractivity contribution in [1.29, 1.82) is 0 Å². The van der Waals surface area contributed by atoms with Crippen LogP contribution in [0.4, 0.5) is 0 Å². The van der Waals surface area contributed by atoms with Crippen LogP contribution in [0.25, 0.3) is 0 Å². The number of carbonyl (C=O) groups is 1. The van der Waals surface area contributed by atoms with Gasteiger partial charge in [-0.1, -0.05) is 44.9 Å². The van der Waals surface area contributed by atoms with Crippen LogP contribution in [0.1, 0.15) is 77.0 Å². The van der Waals surface area contributed by atoms with Crippen molar-refractivity contribution in [3.05, 3.63) is 0 Å². The minimum atomic E-state index is 0.141. The van der Waals surface area contributed by atoms with Gasteiger partial charge in [0.1, 0.15) is 5.78 Å². The highest BCUT2D eigenvalue weighted by molar-refractivity contribution is 5.82. The molecule has 2 heteroatoms. The molecule has 0 aromatic heterocycles. The molecule has 2 fully saturated rings. The van der Waals surface area contributed by atoms with Gasteiger partial charge in [0.2, 0.25) is 0 Å². The van der Waals surface area contributed by atoms with E-state index >= 15 is 0 Å². The Morgan fingerprint density at radius 1 is 1.00 bits per heavy atom. The van der Waals surface area contributed by atoms with Gasteiger partial charge in [0.25, 0.3) is 0 Å². The van der Waals surface area contributed by atoms with E-state index in [4.69, 9.17) is 0 Å². The smallest absolute Gasteiger partial charge is 0.137 e. The van der Waals surface area contributed by atoms with Crippen LogP contribution < -0.4 is 5.32 Å². The summed E-state index contributed by atoms with van der Waals surface area (Å²) in [6.45, 7) is 0. The molecule has 0 amide bonds. The number of hydrogen-bond donors (Lipinski definition) is 1. The first kappa shape index (κ1) is 14.0. The summed E-state index contributed by atoms with van der Waals surface area (Å²) in [5.74, 6) is 0.924. The number of ketones is 1. The van der Waals surface area contributed by atoms with E-state index in [1.54, 1.807) is 0 Å². The lowest BCUT2D eigenvalue weighted by Gasteiger charge is -2.37. The Bertz CT molecular complexity index is 260. The zero-order chi connectivity index (χ0) is 12.8. The zero-order valence-corrected chi connectivity index (χ0v) is 12.0. The van der Waals surface area contributed by atoms with Gasteiger partial charge in [-0.3, -0.25) is 4.79 Å². The SMILES string of the molecule is CNC1(CC(=O)C2CCCCCC2)CCCCC1. The molecule has 0 bridgehead atoms. The van der Waals surface area contributed by atoms with E-state index in [1.165, 1.54) is 57.8 Å². The van der Waals surface area contributed by atoms with E-state index in [0.717, 1.165) is 19.3 Å².